The molecule has 9 heteroatoms. The molecule has 3 aromatic rings. The van der Waals surface area contributed by atoms with Gasteiger partial charge in [-0.2, -0.15) is 0 Å². The van der Waals surface area contributed by atoms with Crippen LogP contribution in [-0.4, -0.2) is 40.5 Å². The highest BCUT2D eigenvalue weighted by atomic mass is 79.9. The number of carbonyl (C=O) groups excluding carboxylic acids is 1. The van der Waals surface area contributed by atoms with Crippen LogP contribution in [0.2, 0.25) is 0 Å². The summed E-state index contributed by atoms with van der Waals surface area (Å²) in [5, 5.41) is 12.6. The zero-order chi connectivity index (χ0) is 20.1. The molecule has 1 N–H and O–H groups in total. The smallest absolute Gasteiger partial charge is 0.286 e. The number of hydrogen-bond donors (Lipinski definition) is 1. The predicted octanol–water partition coefficient (Wildman–Crippen LogP) is 3.81. The van der Waals surface area contributed by atoms with Gasteiger partial charge in [-0.1, -0.05) is 12.1 Å². The molecule has 3 heterocycles. The minimum atomic E-state index is -0.552. The predicted molar refractivity (Wildman–Crippen MR) is 109 cm³/mol. The van der Waals surface area contributed by atoms with Crippen molar-refractivity contribution in [2.75, 3.05) is 19.8 Å². The molecule has 0 aliphatic carbocycles. The molecule has 5 rings (SSSR count). The van der Waals surface area contributed by atoms with Crippen molar-refractivity contribution in [1.82, 2.24) is 9.88 Å². The van der Waals surface area contributed by atoms with E-state index in [0.717, 1.165) is 26.6 Å². The average molecular weight is 458 g/mol. The Hall–Kier alpha value is -3.07. The molecule has 0 fully saturated rings. The molecule has 0 saturated carbocycles. The van der Waals surface area contributed by atoms with Crippen molar-refractivity contribution in [3.05, 3.63) is 61.7 Å². The van der Waals surface area contributed by atoms with Gasteiger partial charge in [0.1, 0.15) is 18.8 Å². The number of benzene rings is 2. The highest BCUT2D eigenvalue weighted by Gasteiger charge is 2.31. The topological polar surface area (TPSA) is 97.7 Å². The zero-order valence-electron chi connectivity index (χ0n) is 15.2. The van der Waals surface area contributed by atoms with Gasteiger partial charge in [0.15, 0.2) is 11.5 Å². The summed E-state index contributed by atoms with van der Waals surface area (Å²) < 4.78 is 11.9. The normalized spacial score (nSPS) is 15.3. The van der Waals surface area contributed by atoms with Gasteiger partial charge in [-0.05, 0) is 22.0 Å². The van der Waals surface area contributed by atoms with Gasteiger partial charge < -0.3 is 19.4 Å². The molecular weight excluding hydrogens is 442 g/mol. The van der Waals surface area contributed by atoms with Gasteiger partial charge in [0.2, 0.25) is 0 Å². The van der Waals surface area contributed by atoms with Crippen molar-refractivity contribution in [2.45, 2.75) is 13.0 Å². The van der Waals surface area contributed by atoms with E-state index < -0.39 is 4.92 Å². The van der Waals surface area contributed by atoms with Crippen LogP contribution in [0.4, 0.5) is 5.69 Å². The average Bonchev–Trinajstić information content (AvgIpc) is 3.11. The Labute approximate surface area is 173 Å². The third kappa shape index (κ3) is 2.93. The van der Waals surface area contributed by atoms with Crippen molar-refractivity contribution in [3.8, 4) is 11.5 Å². The molecule has 29 heavy (non-hydrogen) atoms. The minimum Gasteiger partial charge on any atom is -0.486 e. The SMILES string of the molecule is O=C(c1cc2c(cc1[N+](=O)[O-])OCCO2)N1CCc2[nH]c3c(Br)cccc3c2C1. The van der Waals surface area contributed by atoms with E-state index >= 15 is 0 Å². The fourth-order valence-electron chi connectivity index (χ4n) is 3.95. The number of ether oxygens (including phenoxy) is 2. The summed E-state index contributed by atoms with van der Waals surface area (Å²) in [6.45, 7) is 1.52. The lowest BCUT2D eigenvalue weighted by molar-refractivity contribution is -0.385. The number of nitro benzene ring substituents is 1. The lowest BCUT2D eigenvalue weighted by Crippen LogP contribution is -2.36. The van der Waals surface area contributed by atoms with E-state index in [1.54, 1.807) is 4.90 Å². The molecular formula is C20H16BrN3O5. The molecule has 2 aliphatic rings. The quantitative estimate of drug-likeness (QED) is 0.465. The van der Waals surface area contributed by atoms with Crippen molar-refractivity contribution in [1.29, 1.82) is 0 Å². The van der Waals surface area contributed by atoms with Crippen LogP contribution in [0, 0.1) is 10.1 Å². The first kappa shape index (κ1) is 18.0. The van der Waals surface area contributed by atoms with Crippen molar-refractivity contribution >= 4 is 38.4 Å². The summed E-state index contributed by atoms with van der Waals surface area (Å²) in [5.41, 5.74) is 2.88. The summed E-state index contributed by atoms with van der Waals surface area (Å²) in [7, 11) is 0. The van der Waals surface area contributed by atoms with Gasteiger partial charge in [-0.15, -0.1) is 0 Å². The fraction of sp³-hybridized carbons (Fsp3) is 0.250. The second-order valence-corrected chi connectivity index (χ2v) is 7.85. The molecule has 1 aromatic heterocycles. The highest BCUT2D eigenvalue weighted by molar-refractivity contribution is 9.10. The van der Waals surface area contributed by atoms with E-state index in [1.165, 1.54) is 12.1 Å². The maximum Gasteiger partial charge on any atom is 0.286 e. The number of nitrogens with one attached hydrogen (secondary N) is 1. The van der Waals surface area contributed by atoms with Gasteiger partial charge in [-0.25, -0.2) is 0 Å². The Morgan fingerprint density at radius 2 is 1.97 bits per heavy atom. The van der Waals surface area contributed by atoms with Crippen LogP contribution >= 0.6 is 15.9 Å². The van der Waals surface area contributed by atoms with E-state index in [4.69, 9.17) is 9.47 Å². The molecule has 1 amide bonds. The number of H-pyrrole nitrogens is 1. The summed E-state index contributed by atoms with van der Waals surface area (Å²) >= 11 is 3.55. The van der Waals surface area contributed by atoms with Gasteiger partial charge >= 0.3 is 0 Å². The maximum absolute atomic E-state index is 13.3. The number of aromatic amines is 1. The van der Waals surface area contributed by atoms with E-state index in [0.29, 0.717) is 44.2 Å². The van der Waals surface area contributed by atoms with E-state index in [-0.39, 0.29) is 17.2 Å². The summed E-state index contributed by atoms with van der Waals surface area (Å²) in [6.07, 6.45) is 0.653. The number of aromatic nitrogens is 1. The highest BCUT2D eigenvalue weighted by Crippen LogP contribution is 2.38. The Kier molecular flexibility index (Phi) is 4.20. The van der Waals surface area contributed by atoms with Gasteiger partial charge in [-0.3, -0.25) is 14.9 Å². The lowest BCUT2D eigenvalue weighted by atomic mass is 10.0. The van der Waals surface area contributed by atoms with Crippen molar-refractivity contribution in [2.24, 2.45) is 0 Å². The molecule has 2 aromatic carbocycles. The molecule has 0 bridgehead atoms. The van der Waals surface area contributed by atoms with Crippen LogP contribution in [0.1, 0.15) is 21.6 Å². The van der Waals surface area contributed by atoms with Crippen LogP contribution in [-0.2, 0) is 13.0 Å². The molecule has 0 atom stereocenters. The van der Waals surface area contributed by atoms with Crippen LogP contribution < -0.4 is 9.47 Å². The van der Waals surface area contributed by atoms with Crippen molar-refractivity contribution < 1.29 is 19.2 Å². The number of nitro groups is 1. The first-order chi connectivity index (χ1) is 14.0. The molecule has 0 saturated heterocycles. The standard InChI is InChI=1S/C20H16BrN3O5/c21-14-3-1-2-11-13-10-23(5-4-15(13)22-19(11)14)20(25)12-8-17-18(29-7-6-28-17)9-16(12)24(26)27/h1-3,8-9,22H,4-7,10H2. The second kappa shape index (κ2) is 6.77. The molecule has 2 aliphatic heterocycles. The number of para-hydroxylation sites is 1. The number of amides is 1. The Morgan fingerprint density at radius 3 is 2.72 bits per heavy atom. The number of nitrogens with zero attached hydrogens (tertiary/aromatic N) is 2. The van der Waals surface area contributed by atoms with Gasteiger partial charge in [0.05, 0.1) is 16.5 Å². The van der Waals surface area contributed by atoms with Crippen LogP contribution in [0.3, 0.4) is 0 Å². The van der Waals surface area contributed by atoms with Crippen LogP contribution in [0.15, 0.2) is 34.8 Å². The molecule has 0 spiro atoms. The number of carbonyl (C=O) groups is 1. The summed E-state index contributed by atoms with van der Waals surface area (Å²) in [5.74, 6) is 0.268. The van der Waals surface area contributed by atoms with Gasteiger partial charge in [0.25, 0.3) is 11.6 Å². The summed E-state index contributed by atoms with van der Waals surface area (Å²) in [6, 6.07) is 8.63. The third-order valence-corrected chi connectivity index (χ3v) is 6.00. The molecule has 0 radical (unpaired) electrons. The largest absolute Gasteiger partial charge is 0.486 e. The monoisotopic (exact) mass is 457 g/mol. The Morgan fingerprint density at radius 1 is 1.21 bits per heavy atom. The second-order valence-electron chi connectivity index (χ2n) is 6.99. The maximum atomic E-state index is 13.3. The molecule has 8 nitrogen and oxygen atoms in total. The Bertz CT molecular complexity index is 1170. The number of halogens is 1. The first-order valence-corrected chi connectivity index (χ1v) is 9.97. The zero-order valence-corrected chi connectivity index (χ0v) is 16.8. The fourth-order valence-corrected chi connectivity index (χ4v) is 4.41. The third-order valence-electron chi connectivity index (χ3n) is 5.33. The Balaban J connectivity index is 1.53. The van der Waals surface area contributed by atoms with Crippen LogP contribution in [0.25, 0.3) is 10.9 Å². The molecule has 0 unspecified atom stereocenters. The van der Waals surface area contributed by atoms with Gasteiger partial charge in [0, 0.05) is 46.7 Å². The summed E-state index contributed by atoms with van der Waals surface area (Å²) in [4.78, 5) is 29.4. The number of fused-ring (bicyclic) bond motifs is 4. The van der Waals surface area contributed by atoms with Crippen molar-refractivity contribution in [3.63, 3.8) is 0 Å². The number of rotatable bonds is 2. The number of hydrogen-bond acceptors (Lipinski definition) is 5. The lowest BCUT2D eigenvalue weighted by Gasteiger charge is -2.28. The first-order valence-electron chi connectivity index (χ1n) is 9.18. The van der Waals surface area contributed by atoms with E-state index in [1.807, 2.05) is 18.2 Å². The minimum absolute atomic E-state index is 0.0173. The molecule has 148 valence electrons. The van der Waals surface area contributed by atoms with E-state index in [2.05, 4.69) is 20.9 Å². The van der Waals surface area contributed by atoms with Crippen LogP contribution in [0.5, 0.6) is 11.5 Å². The van der Waals surface area contributed by atoms with E-state index in [9.17, 15) is 14.9 Å².